The quantitative estimate of drug-likeness (QED) is 0.344. The Morgan fingerprint density at radius 3 is 2.81 bits per heavy atom. The van der Waals surface area contributed by atoms with E-state index in [1.165, 1.54) is 17.7 Å². The van der Waals surface area contributed by atoms with E-state index in [1.807, 2.05) is 12.3 Å². The van der Waals surface area contributed by atoms with Gasteiger partial charge in [0.1, 0.15) is 6.10 Å². The first-order valence-corrected chi connectivity index (χ1v) is 10.0. The van der Waals surface area contributed by atoms with Crippen LogP contribution in [0.3, 0.4) is 0 Å². The summed E-state index contributed by atoms with van der Waals surface area (Å²) in [5, 5.41) is 7.82. The summed E-state index contributed by atoms with van der Waals surface area (Å²) in [6.07, 6.45) is 9.66. The molecular weight excluding hydrogens is 473 g/mol. The van der Waals surface area contributed by atoms with Crippen LogP contribution in [0.5, 0.6) is 5.88 Å². The standard InChI is InChI=1S/C19H27N5OS.HI/c1-14-12-23-17(26-14)9-11-22-19(20-2)24-13-15-6-5-10-21-18(15)25-16-7-3-4-8-16;/h5-6,10,12,16H,3-4,7-9,11,13H2,1-2H3,(H2,20,22,24);1H. The zero-order valence-electron chi connectivity index (χ0n) is 15.9. The summed E-state index contributed by atoms with van der Waals surface area (Å²) in [5.41, 5.74) is 1.05. The third-order valence-corrected chi connectivity index (χ3v) is 5.37. The summed E-state index contributed by atoms with van der Waals surface area (Å²) in [4.78, 5) is 14.3. The van der Waals surface area contributed by atoms with Crippen molar-refractivity contribution in [2.75, 3.05) is 13.6 Å². The zero-order chi connectivity index (χ0) is 18.2. The lowest BCUT2D eigenvalue weighted by Gasteiger charge is -2.16. The van der Waals surface area contributed by atoms with Crippen LogP contribution in [-0.2, 0) is 13.0 Å². The van der Waals surface area contributed by atoms with Crippen LogP contribution in [0, 0.1) is 6.92 Å². The highest BCUT2D eigenvalue weighted by molar-refractivity contribution is 14.0. The number of halogens is 1. The summed E-state index contributed by atoms with van der Waals surface area (Å²) >= 11 is 1.74. The lowest BCUT2D eigenvalue weighted by Crippen LogP contribution is -2.38. The van der Waals surface area contributed by atoms with Gasteiger partial charge in [-0.1, -0.05) is 6.07 Å². The van der Waals surface area contributed by atoms with Gasteiger partial charge in [0.25, 0.3) is 0 Å². The predicted octanol–water partition coefficient (Wildman–Crippen LogP) is 3.69. The number of ether oxygens (including phenoxy) is 1. The molecule has 27 heavy (non-hydrogen) atoms. The van der Waals surface area contributed by atoms with Gasteiger partial charge in [0.2, 0.25) is 5.88 Å². The smallest absolute Gasteiger partial charge is 0.218 e. The summed E-state index contributed by atoms with van der Waals surface area (Å²) in [7, 11) is 1.78. The minimum atomic E-state index is 0. The average Bonchev–Trinajstić information content (AvgIpc) is 3.31. The normalized spacial score (nSPS) is 14.7. The van der Waals surface area contributed by atoms with Crippen molar-refractivity contribution < 1.29 is 4.74 Å². The van der Waals surface area contributed by atoms with Crippen LogP contribution in [-0.4, -0.2) is 35.6 Å². The molecule has 0 amide bonds. The van der Waals surface area contributed by atoms with Gasteiger partial charge < -0.3 is 15.4 Å². The van der Waals surface area contributed by atoms with E-state index in [2.05, 4.69) is 38.6 Å². The second-order valence-corrected chi connectivity index (χ2v) is 7.78. The molecule has 0 bridgehead atoms. The Bertz CT molecular complexity index is 730. The molecule has 3 rings (SSSR count). The number of hydrogen-bond acceptors (Lipinski definition) is 5. The van der Waals surface area contributed by atoms with Gasteiger partial charge in [-0.15, -0.1) is 35.3 Å². The maximum absolute atomic E-state index is 6.10. The van der Waals surface area contributed by atoms with Crippen LogP contribution in [0.25, 0.3) is 0 Å². The molecule has 6 nitrogen and oxygen atoms in total. The summed E-state index contributed by atoms with van der Waals surface area (Å²) in [5.74, 6) is 1.51. The molecule has 1 fully saturated rings. The van der Waals surface area contributed by atoms with Crippen molar-refractivity contribution in [3.63, 3.8) is 0 Å². The molecule has 8 heteroatoms. The topological polar surface area (TPSA) is 71.4 Å². The Balaban J connectivity index is 0.00000261. The van der Waals surface area contributed by atoms with Gasteiger partial charge in [-0.25, -0.2) is 9.97 Å². The van der Waals surface area contributed by atoms with Crippen LogP contribution in [0.15, 0.2) is 29.5 Å². The number of nitrogens with zero attached hydrogens (tertiary/aromatic N) is 3. The summed E-state index contributed by atoms with van der Waals surface area (Å²) in [6, 6.07) is 4.00. The molecule has 0 saturated heterocycles. The number of rotatable bonds is 7. The van der Waals surface area contributed by atoms with Crippen LogP contribution < -0.4 is 15.4 Å². The lowest BCUT2D eigenvalue weighted by atomic mass is 10.2. The van der Waals surface area contributed by atoms with Crippen LogP contribution in [0.1, 0.15) is 41.1 Å². The van der Waals surface area contributed by atoms with E-state index in [4.69, 9.17) is 4.74 Å². The maximum atomic E-state index is 6.10. The molecule has 0 spiro atoms. The number of aromatic nitrogens is 2. The fourth-order valence-corrected chi connectivity index (χ4v) is 3.82. The maximum Gasteiger partial charge on any atom is 0.218 e. The van der Waals surface area contributed by atoms with Crippen LogP contribution >= 0.6 is 35.3 Å². The van der Waals surface area contributed by atoms with E-state index in [9.17, 15) is 0 Å². The highest BCUT2D eigenvalue weighted by atomic mass is 127. The lowest BCUT2D eigenvalue weighted by molar-refractivity contribution is 0.199. The molecule has 2 N–H and O–H groups in total. The molecule has 0 atom stereocenters. The van der Waals surface area contributed by atoms with Crippen molar-refractivity contribution in [1.82, 2.24) is 20.6 Å². The number of aliphatic imine (C=N–C) groups is 1. The molecule has 1 aliphatic carbocycles. The second kappa shape index (κ2) is 11.4. The van der Waals surface area contributed by atoms with Crippen molar-refractivity contribution in [3.8, 4) is 5.88 Å². The Morgan fingerprint density at radius 1 is 1.30 bits per heavy atom. The number of hydrogen-bond donors (Lipinski definition) is 2. The van der Waals surface area contributed by atoms with Crippen LogP contribution in [0.2, 0.25) is 0 Å². The summed E-state index contributed by atoms with van der Waals surface area (Å²) in [6.45, 7) is 3.51. The number of guanidine groups is 1. The van der Waals surface area contributed by atoms with E-state index in [0.717, 1.165) is 48.2 Å². The minimum Gasteiger partial charge on any atom is -0.474 e. The van der Waals surface area contributed by atoms with Gasteiger partial charge >= 0.3 is 0 Å². The Hall–Kier alpha value is -1.42. The molecule has 0 unspecified atom stereocenters. The average molecular weight is 501 g/mol. The van der Waals surface area contributed by atoms with E-state index >= 15 is 0 Å². The minimum absolute atomic E-state index is 0. The fourth-order valence-electron chi connectivity index (χ4n) is 3.03. The van der Waals surface area contributed by atoms with Crippen molar-refractivity contribution in [3.05, 3.63) is 40.0 Å². The monoisotopic (exact) mass is 501 g/mol. The molecule has 0 aliphatic heterocycles. The molecule has 2 aromatic heterocycles. The number of pyridine rings is 1. The van der Waals surface area contributed by atoms with Gasteiger partial charge in [0.15, 0.2) is 5.96 Å². The predicted molar refractivity (Wildman–Crippen MR) is 121 cm³/mol. The third kappa shape index (κ3) is 6.91. The van der Waals surface area contributed by atoms with Crippen molar-refractivity contribution in [2.45, 2.75) is 51.7 Å². The fraction of sp³-hybridized carbons (Fsp3) is 0.526. The first-order chi connectivity index (χ1) is 12.7. The third-order valence-electron chi connectivity index (χ3n) is 4.40. The number of thiazole rings is 1. The first kappa shape index (κ1) is 21.9. The molecule has 2 aromatic rings. The van der Waals surface area contributed by atoms with Crippen LogP contribution in [0.4, 0.5) is 0 Å². The number of nitrogens with one attached hydrogen (secondary N) is 2. The highest BCUT2D eigenvalue weighted by Gasteiger charge is 2.18. The molecule has 0 aromatic carbocycles. The van der Waals surface area contributed by atoms with E-state index in [1.54, 1.807) is 24.6 Å². The van der Waals surface area contributed by atoms with Gasteiger partial charge in [0, 0.05) is 49.4 Å². The second-order valence-electron chi connectivity index (χ2n) is 6.46. The van der Waals surface area contributed by atoms with Crippen molar-refractivity contribution in [1.29, 1.82) is 0 Å². The largest absolute Gasteiger partial charge is 0.474 e. The SMILES string of the molecule is CN=C(NCCc1ncc(C)s1)NCc1cccnc1OC1CCCC1.I. The Kier molecular flexibility index (Phi) is 9.26. The van der Waals surface area contributed by atoms with Crippen molar-refractivity contribution in [2.24, 2.45) is 4.99 Å². The zero-order valence-corrected chi connectivity index (χ0v) is 19.0. The molecule has 2 heterocycles. The Labute approximate surface area is 182 Å². The number of aryl methyl sites for hydroxylation is 1. The van der Waals surface area contributed by atoms with E-state index < -0.39 is 0 Å². The molecule has 0 radical (unpaired) electrons. The highest BCUT2D eigenvalue weighted by Crippen LogP contribution is 2.24. The molecule has 1 saturated carbocycles. The molecule has 1 aliphatic rings. The molecular formula is C19H28IN5OS. The first-order valence-electron chi connectivity index (χ1n) is 9.21. The van der Waals surface area contributed by atoms with Gasteiger partial charge in [0.05, 0.1) is 5.01 Å². The van der Waals surface area contributed by atoms with Gasteiger partial charge in [-0.05, 0) is 38.7 Å². The summed E-state index contributed by atoms with van der Waals surface area (Å²) < 4.78 is 6.10. The van der Waals surface area contributed by atoms with E-state index in [0.29, 0.717) is 12.6 Å². The van der Waals surface area contributed by atoms with Gasteiger partial charge in [-0.2, -0.15) is 0 Å². The van der Waals surface area contributed by atoms with Gasteiger partial charge in [-0.3, -0.25) is 4.99 Å². The van der Waals surface area contributed by atoms with Crippen molar-refractivity contribution >= 4 is 41.3 Å². The van der Waals surface area contributed by atoms with E-state index in [-0.39, 0.29) is 24.0 Å². The Morgan fingerprint density at radius 2 is 2.11 bits per heavy atom. The molecule has 148 valence electrons.